The molecule has 134 valence electrons. The van der Waals surface area contributed by atoms with E-state index in [1.165, 1.54) is 18.7 Å². The van der Waals surface area contributed by atoms with Gasteiger partial charge in [0.15, 0.2) is 6.10 Å². The van der Waals surface area contributed by atoms with Gasteiger partial charge >= 0.3 is 12.0 Å². The van der Waals surface area contributed by atoms with Gasteiger partial charge in [0.1, 0.15) is 12.1 Å². The average Bonchev–Trinajstić information content (AvgIpc) is 2.58. The molecule has 0 saturated heterocycles. The Kier molecular flexibility index (Phi) is 8.29. The normalized spacial score (nSPS) is 12.4. The Morgan fingerprint density at radius 1 is 1.36 bits per heavy atom. The maximum atomic E-state index is 12.2. The zero-order valence-electron chi connectivity index (χ0n) is 13.9. The molecule has 0 fully saturated rings. The number of hydrogen-bond acceptors (Lipinski definition) is 6. The number of nitrogens with two attached hydrogens (primary N) is 1. The van der Waals surface area contributed by atoms with Crippen molar-refractivity contribution in [2.24, 2.45) is 5.73 Å². The van der Waals surface area contributed by atoms with Gasteiger partial charge in [0.05, 0.1) is 11.3 Å². The standard InChI is InChI=1S/C16H20N4O4S/c1-10(14(21)19-12-6-4-3-5-11(12)9-17)24-15(22)13(7-8-25-2)20-16(18)23/h3-6,10,13H,7-8H2,1-2H3,(H,19,21)(H3,18,20,23)/t10-,13+/m0/s1. The number of hydrogen-bond donors (Lipinski definition) is 3. The van der Waals surface area contributed by atoms with E-state index in [1.54, 1.807) is 24.3 Å². The molecule has 4 N–H and O–H groups in total. The van der Waals surface area contributed by atoms with Crippen LogP contribution in [0.15, 0.2) is 24.3 Å². The largest absolute Gasteiger partial charge is 0.451 e. The number of esters is 1. The summed E-state index contributed by atoms with van der Waals surface area (Å²) in [5, 5.41) is 13.9. The van der Waals surface area contributed by atoms with E-state index in [4.69, 9.17) is 15.7 Å². The maximum Gasteiger partial charge on any atom is 0.329 e. The molecule has 0 aliphatic heterocycles. The summed E-state index contributed by atoms with van der Waals surface area (Å²) in [6.45, 7) is 1.40. The Hall–Kier alpha value is -2.73. The Morgan fingerprint density at radius 2 is 2.04 bits per heavy atom. The Labute approximate surface area is 150 Å². The van der Waals surface area contributed by atoms with Crippen LogP contribution >= 0.6 is 11.8 Å². The highest BCUT2D eigenvalue weighted by Crippen LogP contribution is 2.14. The number of anilines is 1. The van der Waals surface area contributed by atoms with E-state index in [0.717, 1.165) is 0 Å². The van der Waals surface area contributed by atoms with Crippen molar-refractivity contribution in [1.29, 1.82) is 5.26 Å². The molecule has 0 spiro atoms. The molecule has 2 atom stereocenters. The number of para-hydroxylation sites is 1. The van der Waals surface area contributed by atoms with Crippen LogP contribution in [0.2, 0.25) is 0 Å². The lowest BCUT2D eigenvalue weighted by Gasteiger charge is -2.19. The number of carbonyl (C=O) groups is 3. The van der Waals surface area contributed by atoms with Crippen molar-refractivity contribution in [2.75, 3.05) is 17.3 Å². The maximum absolute atomic E-state index is 12.2. The predicted molar refractivity (Wildman–Crippen MR) is 94.8 cm³/mol. The molecule has 0 aliphatic rings. The number of urea groups is 1. The van der Waals surface area contributed by atoms with Gasteiger partial charge in [-0.2, -0.15) is 17.0 Å². The number of nitriles is 1. The highest BCUT2D eigenvalue weighted by atomic mass is 32.2. The van der Waals surface area contributed by atoms with Gasteiger partial charge in [0, 0.05) is 0 Å². The van der Waals surface area contributed by atoms with Gasteiger partial charge in [-0.3, -0.25) is 4.79 Å². The molecule has 0 saturated carbocycles. The smallest absolute Gasteiger partial charge is 0.329 e. The average molecular weight is 364 g/mol. The number of nitrogens with zero attached hydrogens (tertiary/aromatic N) is 1. The van der Waals surface area contributed by atoms with Crippen LogP contribution in [0.4, 0.5) is 10.5 Å². The number of thioether (sulfide) groups is 1. The number of rotatable bonds is 8. The number of amides is 3. The minimum absolute atomic E-state index is 0.294. The Bertz CT molecular complexity index is 674. The molecular formula is C16H20N4O4S. The van der Waals surface area contributed by atoms with Gasteiger partial charge < -0.3 is 21.1 Å². The second kappa shape index (κ2) is 10.2. The Balaban J connectivity index is 2.70. The van der Waals surface area contributed by atoms with Crippen LogP contribution in [-0.2, 0) is 14.3 Å². The molecule has 0 unspecified atom stereocenters. The molecule has 9 heteroatoms. The van der Waals surface area contributed by atoms with Gasteiger partial charge in [0.2, 0.25) is 0 Å². The van der Waals surface area contributed by atoms with Gasteiger partial charge in [-0.05, 0) is 37.5 Å². The molecule has 0 heterocycles. The fourth-order valence-electron chi connectivity index (χ4n) is 1.89. The molecule has 3 amide bonds. The van der Waals surface area contributed by atoms with Crippen LogP contribution in [-0.4, -0.2) is 42.1 Å². The van der Waals surface area contributed by atoms with E-state index in [9.17, 15) is 14.4 Å². The molecule has 8 nitrogen and oxygen atoms in total. The van der Waals surface area contributed by atoms with Crippen molar-refractivity contribution in [3.05, 3.63) is 29.8 Å². The highest BCUT2D eigenvalue weighted by molar-refractivity contribution is 7.98. The minimum Gasteiger partial charge on any atom is -0.451 e. The van der Waals surface area contributed by atoms with Gasteiger partial charge in [-0.15, -0.1) is 0 Å². The zero-order valence-corrected chi connectivity index (χ0v) is 14.8. The summed E-state index contributed by atoms with van der Waals surface area (Å²) in [5.74, 6) is -0.723. The summed E-state index contributed by atoms with van der Waals surface area (Å²) in [6.07, 6.45) is 1.08. The van der Waals surface area contributed by atoms with Crippen molar-refractivity contribution in [3.8, 4) is 6.07 Å². The summed E-state index contributed by atoms with van der Waals surface area (Å²) in [6, 6.07) is 6.66. The van der Waals surface area contributed by atoms with Crippen LogP contribution in [0, 0.1) is 11.3 Å². The summed E-state index contributed by atoms with van der Waals surface area (Å²) in [7, 11) is 0. The third-order valence-corrected chi connectivity index (χ3v) is 3.82. The quantitative estimate of drug-likeness (QED) is 0.594. The van der Waals surface area contributed by atoms with Crippen molar-refractivity contribution >= 4 is 35.4 Å². The lowest BCUT2D eigenvalue weighted by Crippen LogP contribution is -2.46. The van der Waals surface area contributed by atoms with Crippen LogP contribution < -0.4 is 16.4 Å². The molecule has 0 aliphatic carbocycles. The SMILES string of the molecule is CSCC[C@@H](NC(N)=O)C(=O)O[C@@H](C)C(=O)Nc1ccccc1C#N. The number of primary amides is 1. The van der Waals surface area contributed by atoms with E-state index in [0.29, 0.717) is 23.4 Å². The number of ether oxygens (including phenoxy) is 1. The summed E-state index contributed by atoms with van der Waals surface area (Å²) in [5.41, 5.74) is 5.67. The monoisotopic (exact) mass is 364 g/mol. The first-order valence-corrected chi connectivity index (χ1v) is 8.83. The molecule has 0 bridgehead atoms. The zero-order chi connectivity index (χ0) is 18.8. The van der Waals surface area contributed by atoms with Gasteiger partial charge in [0.25, 0.3) is 5.91 Å². The van der Waals surface area contributed by atoms with Crippen LogP contribution in [0.1, 0.15) is 18.9 Å². The third-order valence-electron chi connectivity index (χ3n) is 3.18. The van der Waals surface area contributed by atoms with E-state index in [2.05, 4.69) is 10.6 Å². The lowest BCUT2D eigenvalue weighted by molar-refractivity contribution is -0.155. The molecule has 1 aromatic rings. The summed E-state index contributed by atoms with van der Waals surface area (Å²) >= 11 is 1.50. The van der Waals surface area contributed by atoms with E-state index < -0.39 is 30.1 Å². The van der Waals surface area contributed by atoms with E-state index >= 15 is 0 Å². The first-order chi connectivity index (χ1) is 11.9. The summed E-state index contributed by atoms with van der Waals surface area (Å²) in [4.78, 5) is 35.3. The molecule has 1 aromatic carbocycles. The topological polar surface area (TPSA) is 134 Å². The molecule has 0 radical (unpaired) electrons. The van der Waals surface area contributed by atoms with Crippen molar-refractivity contribution in [1.82, 2.24) is 5.32 Å². The van der Waals surface area contributed by atoms with Crippen LogP contribution in [0.3, 0.4) is 0 Å². The second-order valence-corrected chi connectivity index (χ2v) is 6.05. The fraction of sp³-hybridized carbons (Fsp3) is 0.375. The summed E-state index contributed by atoms with van der Waals surface area (Å²) < 4.78 is 5.10. The minimum atomic E-state index is -1.11. The van der Waals surface area contributed by atoms with Gasteiger partial charge in [-0.1, -0.05) is 12.1 Å². The van der Waals surface area contributed by atoms with Crippen LogP contribution in [0.25, 0.3) is 0 Å². The van der Waals surface area contributed by atoms with E-state index in [-0.39, 0.29) is 0 Å². The van der Waals surface area contributed by atoms with Gasteiger partial charge in [-0.25, -0.2) is 9.59 Å². The third kappa shape index (κ3) is 6.73. The predicted octanol–water partition coefficient (Wildman–Crippen LogP) is 1.22. The van der Waals surface area contributed by atoms with E-state index in [1.807, 2.05) is 12.3 Å². The number of benzene rings is 1. The van der Waals surface area contributed by atoms with Crippen molar-refractivity contribution in [3.63, 3.8) is 0 Å². The molecule has 0 aromatic heterocycles. The molecule has 1 rings (SSSR count). The van der Waals surface area contributed by atoms with Crippen molar-refractivity contribution in [2.45, 2.75) is 25.5 Å². The molecular weight excluding hydrogens is 344 g/mol. The second-order valence-electron chi connectivity index (χ2n) is 5.07. The number of nitrogens with one attached hydrogen (secondary N) is 2. The number of carbonyl (C=O) groups excluding carboxylic acids is 3. The first kappa shape index (κ1) is 20.3. The first-order valence-electron chi connectivity index (χ1n) is 7.44. The Morgan fingerprint density at radius 3 is 2.64 bits per heavy atom. The van der Waals surface area contributed by atoms with Crippen LogP contribution in [0.5, 0.6) is 0 Å². The molecule has 25 heavy (non-hydrogen) atoms. The van der Waals surface area contributed by atoms with Crippen molar-refractivity contribution < 1.29 is 19.1 Å². The highest BCUT2D eigenvalue weighted by Gasteiger charge is 2.26. The fourth-order valence-corrected chi connectivity index (χ4v) is 2.36. The lowest BCUT2D eigenvalue weighted by atomic mass is 10.2.